The smallest absolute Gasteiger partial charge is 0.337 e. The molecule has 1 amide bonds. The Morgan fingerprint density at radius 3 is 2.61 bits per heavy atom. The Bertz CT molecular complexity index is 985. The van der Waals surface area contributed by atoms with Crippen molar-refractivity contribution in [3.63, 3.8) is 0 Å². The molecule has 2 rings (SSSR count). The van der Waals surface area contributed by atoms with Crippen molar-refractivity contribution in [3.05, 3.63) is 59.7 Å². The molecular weight excluding hydrogens is 394 g/mol. The second kappa shape index (κ2) is 12.8. The molecule has 0 bridgehead atoms. The van der Waals surface area contributed by atoms with Crippen LogP contribution in [0.15, 0.2) is 48.5 Å². The Labute approximate surface area is 182 Å². The molecule has 2 aromatic rings. The lowest BCUT2D eigenvalue weighted by Crippen LogP contribution is -2.11. The van der Waals surface area contributed by atoms with Crippen LogP contribution in [0, 0.1) is 11.8 Å². The van der Waals surface area contributed by atoms with E-state index in [9.17, 15) is 14.7 Å². The van der Waals surface area contributed by atoms with E-state index < -0.39 is 11.9 Å². The summed E-state index contributed by atoms with van der Waals surface area (Å²) in [5, 5.41) is 11.8. The molecule has 6 heteroatoms. The largest absolute Gasteiger partial charge is 0.493 e. The van der Waals surface area contributed by atoms with Gasteiger partial charge in [0.15, 0.2) is 11.5 Å². The van der Waals surface area contributed by atoms with Crippen molar-refractivity contribution in [1.82, 2.24) is 0 Å². The van der Waals surface area contributed by atoms with Gasteiger partial charge < -0.3 is 19.9 Å². The molecule has 31 heavy (non-hydrogen) atoms. The lowest BCUT2D eigenvalue weighted by atomic mass is 10.1. The maximum absolute atomic E-state index is 12.2. The number of carboxylic acid groups (broad SMARTS) is 1. The maximum atomic E-state index is 12.2. The fourth-order valence-corrected chi connectivity index (χ4v) is 2.69. The molecule has 0 heterocycles. The first kappa shape index (κ1) is 23.6. The summed E-state index contributed by atoms with van der Waals surface area (Å²) in [6.45, 7) is 2.61. The summed E-state index contributed by atoms with van der Waals surface area (Å²) < 4.78 is 11.1. The van der Waals surface area contributed by atoms with E-state index in [1.54, 1.807) is 49.6 Å². The van der Waals surface area contributed by atoms with Gasteiger partial charge in [0.1, 0.15) is 0 Å². The molecule has 0 aliphatic carbocycles. The summed E-state index contributed by atoms with van der Waals surface area (Å²) in [5.74, 6) is 5.84. The summed E-state index contributed by atoms with van der Waals surface area (Å²) in [6, 6.07) is 11.6. The first-order valence-corrected chi connectivity index (χ1v) is 10.1. The Morgan fingerprint density at radius 2 is 1.87 bits per heavy atom. The minimum Gasteiger partial charge on any atom is -0.493 e. The average Bonchev–Trinajstić information content (AvgIpc) is 2.77. The quantitative estimate of drug-likeness (QED) is 0.320. The van der Waals surface area contributed by atoms with Gasteiger partial charge in [-0.3, -0.25) is 4.79 Å². The number of anilines is 1. The van der Waals surface area contributed by atoms with E-state index in [2.05, 4.69) is 24.1 Å². The highest BCUT2D eigenvalue weighted by Gasteiger charge is 2.10. The second-order valence-corrected chi connectivity index (χ2v) is 6.64. The van der Waals surface area contributed by atoms with Crippen LogP contribution < -0.4 is 14.8 Å². The maximum Gasteiger partial charge on any atom is 0.337 e. The summed E-state index contributed by atoms with van der Waals surface area (Å²) in [4.78, 5) is 23.4. The van der Waals surface area contributed by atoms with Gasteiger partial charge in [0.05, 0.1) is 25.0 Å². The van der Waals surface area contributed by atoms with Crippen LogP contribution in [0.25, 0.3) is 6.08 Å². The van der Waals surface area contributed by atoms with Gasteiger partial charge >= 0.3 is 5.97 Å². The number of carbonyl (C=O) groups is 2. The Hall–Kier alpha value is -3.72. The molecule has 0 aliphatic heterocycles. The fourth-order valence-electron chi connectivity index (χ4n) is 2.69. The number of hydrogen-bond donors (Lipinski definition) is 2. The summed E-state index contributed by atoms with van der Waals surface area (Å²) >= 11 is 0. The second-order valence-electron chi connectivity index (χ2n) is 6.64. The first-order valence-electron chi connectivity index (χ1n) is 10.1. The molecule has 0 radical (unpaired) electrons. The monoisotopic (exact) mass is 421 g/mol. The molecular formula is C25H27NO5. The van der Waals surface area contributed by atoms with Crippen LogP contribution in [0.3, 0.4) is 0 Å². The van der Waals surface area contributed by atoms with Gasteiger partial charge in [0, 0.05) is 18.9 Å². The number of hydrogen-bond acceptors (Lipinski definition) is 4. The summed E-state index contributed by atoms with van der Waals surface area (Å²) in [7, 11) is 1.55. The Kier molecular flexibility index (Phi) is 9.70. The molecule has 0 atom stereocenters. The van der Waals surface area contributed by atoms with Crippen molar-refractivity contribution >= 4 is 23.6 Å². The third kappa shape index (κ3) is 7.90. The normalized spacial score (nSPS) is 10.3. The first-order chi connectivity index (χ1) is 15.0. The van der Waals surface area contributed by atoms with Crippen molar-refractivity contribution in [2.45, 2.75) is 32.6 Å². The van der Waals surface area contributed by atoms with E-state index in [1.807, 2.05) is 0 Å². The lowest BCUT2D eigenvalue weighted by molar-refractivity contribution is -0.111. The van der Waals surface area contributed by atoms with Crippen molar-refractivity contribution in [2.75, 3.05) is 19.0 Å². The molecule has 0 saturated carbocycles. The van der Waals surface area contributed by atoms with Gasteiger partial charge in [0.2, 0.25) is 5.91 Å². The lowest BCUT2D eigenvalue weighted by Gasteiger charge is -2.10. The number of rotatable bonds is 10. The number of ether oxygens (including phenoxy) is 2. The predicted octanol–water partition coefficient (Wildman–Crippen LogP) is 5.01. The van der Waals surface area contributed by atoms with Crippen molar-refractivity contribution < 1.29 is 24.2 Å². The molecule has 0 fully saturated rings. The highest BCUT2D eigenvalue weighted by molar-refractivity contribution is 6.06. The van der Waals surface area contributed by atoms with Gasteiger partial charge in [-0.15, -0.1) is 5.92 Å². The van der Waals surface area contributed by atoms with Gasteiger partial charge in [-0.05, 0) is 42.3 Å². The molecule has 0 aliphatic rings. The molecule has 0 saturated heterocycles. The number of amides is 1. The summed E-state index contributed by atoms with van der Waals surface area (Å²) in [6.07, 6.45) is 6.76. The zero-order chi connectivity index (χ0) is 22.5. The number of carbonyl (C=O) groups excluding carboxylic acids is 1. The minimum absolute atomic E-state index is 0.0301. The average molecular weight is 421 g/mol. The molecule has 0 unspecified atom stereocenters. The number of methoxy groups -OCH3 is 1. The zero-order valence-electron chi connectivity index (χ0n) is 17.8. The third-order valence-electron chi connectivity index (χ3n) is 4.30. The van der Waals surface area contributed by atoms with E-state index in [4.69, 9.17) is 9.47 Å². The van der Waals surface area contributed by atoms with Crippen molar-refractivity contribution in [3.8, 4) is 23.3 Å². The number of unbranched alkanes of at least 4 members (excludes halogenated alkanes) is 2. The van der Waals surface area contributed by atoms with Crippen LogP contribution in [0.4, 0.5) is 5.69 Å². The van der Waals surface area contributed by atoms with Crippen LogP contribution in [-0.4, -0.2) is 30.7 Å². The standard InChI is InChI=1S/C25H27NO5/c1-3-4-5-6-7-10-17-31-22-15-13-19(18-23(22)30-2)14-16-24(27)26-21-12-9-8-11-20(21)25(28)29/h8-9,11-16,18H,3-5,10,17H2,1-2H3,(H,26,27)(H,28,29). The van der Waals surface area contributed by atoms with Gasteiger partial charge in [-0.2, -0.15) is 0 Å². The van der Waals surface area contributed by atoms with Crippen LogP contribution in [0.2, 0.25) is 0 Å². The SMILES string of the molecule is CCCCC#CCCOc1ccc(C=CC(=O)Nc2ccccc2C(=O)O)cc1OC. The van der Waals surface area contributed by atoms with E-state index in [0.29, 0.717) is 24.5 Å². The summed E-state index contributed by atoms with van der Waals surface area (Å²) in [5.41, 5.74) is 1.01. The van der Waals surface area contributed by atoms with Gasteiger partial charge in [-0.1, -0.05) is 37.5 Å². The van der Waals surface area contributed by atoms with E-state index in [0.717, 1.165) is 24.8 Å². The molecule has 162 valence electrons. The third-order valence-corrected chi connectivity index (χ3v) is 4.30. The molecule has 0 spiro atoms. The Morgan fingerprint density at radius 1 is 1.10 bits per heavy atom. The van der Waals surface area contributed by atoms with E-state index >= 15 is 0 Å². The number of para-hydroxylation sites is 1. The van der Waals surface area contributed by atoms with Crippen LogP contribution in [0.5, 0.6) is 11.5 Å². The number of carboxylic acids is 1. The highest BCUT2D eigenvalue weighted by Crippen LogP contribution is 2.28. The highest BCUT2D eigenvalue weighted by atomic mass is 16.5. The van der Waals surface area contributed by atoms with E-state index in [-0.39, 0.29) is 11.3 Å². The zero-order valence-corrected chi connectivity index (χ0v) is 17.8. The van der Waals surface area contributed by atoms with Gasteiger partial charge in [0.25, 0.3) is 0 Å². The van der Waals surface area contributed by atoms with Crippen LogP contribution >= 0.6 is 0 Å². The number of aromatic carboxylic acids is 1. The topological polar surface area (TPSA) is 84.9 Å². The molecule has 2 aromatic carbocycles. The van der Waals surface area contributed by atoms with Crippen LogP contribution in [0.1, 0.15) is 48.5 Å². The molecule has 0 aromatic heterocycles. The molecule has 6 nitrogen and oxygen atoms in total. The predicted molar refractivity (Wildman–Crippen MR) is 121 cm³/mol. The Balaban J connectivity index is 1.96. The number of nitrogens with one attached hydrogen (secondary N) is 1. The number of benzene rings is 2. The van der Waals surface area contributed by atoms with E-state index in [1.165, 1.54) is 12.1 Å². The van der Waals surface area contributed by atoms with Crippen molar-refractivity contribution in [1.29, 1.82) is 0 Å². The van der Waals surface area contributed by atoms with Crippen LogP contribution in [-0.2, 0) is 4.79 Å². The van der Waals surface area contributed by atoms with Gasteiger partial charge in [-0.25, -0.2) is 4.79 Å². The minimum atomic E-state index is -1.10. The fraction of sp³-hybridized carbons (Fsp3) is 0.280. The molecule has 2 N–H and O–H groups in total. The van der Waals surface area contributed by atoms with Crippen molar-refractivity contribution in [2.24, 2.45) is 0 Å².